The maximum absolute atomic E-state index is 13.5. The summed E-state index contributed by atoms with van der Waals surface area (Å²) in [5, 5.41) is 2.21. The van der Waals surface area contributed by atoms with Crippen LogP contribution in [0.15, 0.2) is 85.3 Å². The van der Waals surface area contributed by atoms with E-state index in [1.54, 1.807) is 0 Å². The van der Waals surface area contributed by atoms with E-state index < -0.39 is 0 Å². The summed E-state index contributed by atoms with van der Waals surface area (Å²) < 4.78 is 7.64. The third-order valence-corrected chi connectivity index (χ3v) is 7.97. The van der Waals surface area contributed by atoms with E-state index in [1.165, 1.54) is 0 Å². The molecule has 0 saturated carbocycles. The van der Waals surface area contributed by atoms with Crippen molar-refractivity contribution in [2.45, 2.75) is 32.0 Å². The van der Waals surface area contributed by atoms with Gasteiger partial charge in [-0.3, -0.25) is 24.6 Å². The van der Waals surface area contributed by atoms with Gasteiger partial charge in [0.2, 0.25) is 5.91 Å². The van der Waals surface area contributed by atoms with E-state index in [0.717, 1.165) is 58.3 Å². The fraction of sp³-hybridized carbons (Fsp3) is 0.333. The van der Waals surface area contributed by atoms with Gasteiger partial charge in [0, 0.05) is 54.5 Å². The second-order valence-electron chi connectivity index (χ2n) is 10.6. The number of carbonyl (C=O) groups excluding carboxylic acids is 1. The van der Waals surface area contributed by atoms with Crippen LogP contribution in [0.2, 0.25) is 0 Å². The number of morpholine rings is 1. The van der Waals surface area contributed by atoms with Gasteiger partial charge in [0.15, 0.2) is 0 Å². The standard InChI is InChI=1S/C33H37N7O2/c34-14-5-8-18-39(33(27-10-3-6-15-35-27)28-11-4-7-16-36-28)23-29-32-26(13-17-37-29)25-9-1-2-12-30(25)40(32)24-31(41)38-19-21-42-22-20-38/h1-4,6-7,9-13,15-17,33H,5,8,14,18-24,34H2. The zero-order valence-electron chi connectivity index (χ0n) is 23.8. The topological polar surface area (TPSA) is 102 Å². The molecule has 0 spiro atoms. The maximum Gasteiger partial charge on any atom is 0.242 e. The second kappa shape index (κ2) is 13.2. The zero-order valence-corrected chi connectivity index (χ0v) is 23.8. The van der Waals surface area contributed by atoms with Crippen molar-refractivity contribution in [1.29, 1.82) is 0 Å². The fourth-order valence-corrected chi connectivity index (χ4v) is 5.95. The average Bonchev–Trinajstić information content (AvgIpc) is 3.37. The highest BCUT2D eigenvalue weighted by Crippen LogP contribution is 2.33. The molecule has 0 bridgehead atoms. The molecule has 9 heteroatoms. The molecule has 2 N–H and O–H groups in total. The summed E-state index contributed by atoms with van der Waals surface area (Å²) in [6, 6.07) is 22.2. The number of nitrogens with zero attached hydrogens (tertiary/aromatic N) is 6. The van der Waals surface area contributed by atoms with Crippen LogP contribution < -0.4 is 5.73 Å². The van der Waals surface area contributed by atoms with Crippen molar-refractivity contribution < 1.29 is 9.53 Å². The number of carbonyl (C=O) groups is 1. The molecule has 1 aliphatic heterocycles. The van der Waals surface area contributed by atoms with Crippen LogP contribution in [0.1, 0.15) is 36.0 Å². The van der Waals surface area contributed by atoms with Crippen LogP contribution in [-0.4, -0.2) is 74.6 Å². The molecule has 1 amide bonds. The van der Waals surface area contributed by atoms with Crippen LogP contribution in [0, 0.1) is 0 Å². The molecule has 0 radical (unpaired) electrons. The number of benzene rings is 1. The summed E-state index contributed by atoms with van der Waals surface area (Å²) in [5.74, 6) is 0.0930. The lowest BCUT2D eigenvalue weighted by Crippen LogP contribution is -2.42. The van der Waals surface area contributed by atoms with Gasteiger partial charge in [-0.2, -0.15) is 0 Å². The third-order valence-electron chi connectivity index (χ3n) is 7.97. The summed E-state index contributed by atoms with van der Waals surface area (Å²) in [7, 11) is 0. The number of ether oxygens (including phenoxy) is 1. The van der Waals surface area contributed by atoms with Crippen LogP contribution in [0.5, 0.6) is 0 Å². The molecule has 4 aromatic heterocycles. The van der Waals surface area contributed by atoms with E-state index in [4.69, 9.17) is 25.4 Å². The van der Waals surface area contributed by atoms with Crippen molar-refractivity contribution >= 4 is 27.7 Å². The van der Waals surface area contributed by atoms with Crippen LogP contribution >= 0.6 is 0 Å². The Bertz CT molecular complexity index is 1580. The van der Waals surface area contributed by atoms with Crippen molar-refractivity contribution in [3.63, 3.8) is 0 Å². The predicted octanol–water partition coefficient (Wildman–Crippen LogP) is 4.17. The first-order chi connectivity index (χ1) is 20.7. The van der Waals surface area contributed by atoms with Crippen molar-refractivity contribution in [3.05, 3.63) is 102 Å². The normalized spacial score (nSPS) is 13.9. The Morgan fingerprint density at radius 3 is 2.26 bits per heavy atom. The highest BCUT2D eigenvalue weighted by molar-refractivity contribution is 6.09. The van der Waals surface area contributed by atoms with Crippen LogP contribution in [0.3, 0.4) is 0 Å². The van der Waals surface area contributed by atoms with E-state index in [1.807, 2.05) is 59.9 Å². The Kier molecular flexibility index (Phi) is 8.79. The summed E-state index contributed by atoms with van der Waals surface area (Å²) in [5.41, 5.74) is 10.7. The molecule has 0 aliphatic carbocycles. The van der Waals surface area contributed by atoms with Crippen LogP contribution in [-0.2, 0) is 22.6 Å². The van der Waals surface area contributed by atoms with Crippen molar-refractivity contribution in [2.75, 3.05) is 39.4 Å². The van der Waals surface area contributed by atoms with Crippen molar-refractivity contribution in [3.8, 4) is 0 Å². The Morgan fingerprint density at radius 1 is 0.857 bits per heavy atom. The van der Waals surface area contributed by atoms with Crippen molar-refractivity contribution in [2.24, 2.45) is 5.73 Å². The highest BCUT2D eigenvalue weighted by atomic mass is 16.5. The Hall–Kier alpha value is -4.18. The number of hydrogen-bond acceptors (Lipinski definition) is 7. The van der Waals surface area contributed by atoms with Gasteiger partial charge in [0.25, 0.3) is 0 Å². The number of amides is 1. The van der Waals surface area contributed by atoms with Gasteiger partial charge in [-0.25, -0.2) is 0 Å². The SMILES string of the molecule is NCCCCN(Cc1nccc2c3ccccc3n(CC(=O)N3CCOCC3)c12)C(c1ccccn1)c1ccccn1. The molecule has 1 aromatic carbocycles. The molecular formula is C33H37N7O2. The summed E-state index contributed by atoms with van der Waals surface area (Å²) in [6.07, 6.45) is 7.39. The second-order valence-corrected chi connectivity index (χ2v) is 10.6. The quantitative estimate of drug-likeness (QED) is 0.241. The molecule has 42 heavy (non-hydrogen) atoms. The number of pyridine rings is 3. The van der Waals surface area contributed by atoms with Gasteiger partial charge in [-0.1, -0.05) is 30.3 Å². The van der Waals surface area contributed by atoms with E-state index in [2.05, 4.69) is 39.8 Å². The number of unbranched alkanes of at least 4 members (excludes halogenated alkanes) is 1. The lowest BCUT2D eigenvalue weighted by atomic mass is 10.0. The smallest absolute Gasteiger partial charge is 0.242 e. The van der Waals surface area contributed by atoms with Gasteiger partial charge in [0.1, 0.15) is 6.54 Å². The fourth-order valence-electron chi connectivity index (χ4n) is 5.95. The summed E-state index contributed by atoms with van der Waals surface area (Å²) in [4.78, 5) is 32.3. The van der Waals surface area contributed by atoms with Crippen LogP contribution in [0.4, 0.5) is 0 Å². The molecule has 1 aliphatic rings. The Morgan fingerprint density at radius 2 is 1.57 bits per heavy atom. The molecule has 216 valence electrons. The first kappa shape index (κ1) is 28.0. The average molecular weight is 564 g/mol. The minimum atomic E-state index is -0.171. The molecule has 0 atom stereocenters. The minimum absolute atomic E-state index is 0.0930. The molecular weight excluding hydrogens is 526 g/mol. The lowest BCUT2D eigenvalue weighted by molar-refractivity contribution is -0.135. The van der Waals surface area contributed by atoms with Gasteiger partial charge >= 0.3 is 0 Å². The summed E-state index contributed by atoms with van der Waals surface area (Å²) in [6.45, 7) is 4.62. The molecule has 0 unspecified atom stereocenters. The third kappa shape index (κ3) is 5.90. The van der Waals surface area contributed by atoms with E-state index in [0.29, 0.717) is 39.4 Å². The molecule has 1 fully saturated rings. The number of hydrogen-bond donors (Lipinski definition) is 1. The lowest BCUT2D eigenvalue weighted by Gasteiger charge is -2.31. The minimum Gasteiger partial charge on any atom is -0.378 e. The van der Waals surface area contributed by atoms with E-state index >= 15 is 0 Å². The molecule has 6 rings (SSSR count). The number of aromatic nitrogens is 4. The highest BCUT2D eigenvalue weighted by Gasteiger charge is 2.27. The maximum atomic E-state index is 13.5. The van der Waals surface area contributed by atoms with E-state index in [-0.39, 0.29) is 18.5 Å². The number of nitrogens with two attached hydrogens (primary N) is 1. The summed E-state index contributed by atoms with van der Waals surface area (Å²) >= 11 is 0. The van der Waals surface area contributed by atoms with Crippen molar-refractivity contribution in [1.82, 2.24) is 29.3 Å². The van der Waals surface area contributed by atoms with Gasteiger partial charge in [0.05, 0.1) is 41.9 Å². The molecule has 5 heterocycles. The first-order valence-corrected chi connectivity index (χ1v) is 14.7. The van der Waals surface area contributed by atoms with Gasteiger partial charge in [-0.15, -0.1) is 0 Å². The monoisotopic (exact) mass is 563 g/mol. The molecule has 1 saturated heterocycles. The van der Waals surface area contributed by atoms with Gasteiger partial charge in [-0.05, 0) is 62.3 Å². The predicted molar refractivity (Wildman–Crippen MR) is 164 cm³/mol. The number of fused-ring (bicyclic) bond motifs is 3. The Balaban J connectivity index is 1.45. The number of para-hydroxylation sites is 1. The van der Waals surface area contributed by atoms with Crippen LogP contribution in [0.25, 0.3) is 21.8 Å². The zero-order chi connectivity index (χ0) is 28.7. The number of rotatable bonds is 11. The van der Waals surface area contributed by atoms with Gasteiger partial charge < -0.3 is 19.9 Å². The largest absolute Gasteiger partial charge is 0.378 e. The van der Waals surface area contributed by atoms with E-state index in [9.17, 15) is 4.79 Å². The first-order valence-electron chi connectivity index (χ1n) is 14.7. The molecule has 5 aromatic rings. The molecule has 9 nitrogen and oxygen atoms in total. The Labute approximate surface area is 245 Å².